The van der Waals surface area contributed by atoms with E-state index in [1.54, 1.807) is 24.3 Å². The molecule has 2 aromatic rings. The number of rotatable bonds is 9. The van der Waals surface area contributed by atoms with Crippen LogP contribution in [0.25, 0.3) is 0 Å². The number of Topliss-reactive ketones (excluding diaryl/α,β-unsaturated/α-hetero) is 2. The van der Waals surface area contributed by atoms with E-state index in [1.165, 1.54) is 11.8 Å². The topological polar surface area (TPSA) is 34.1 Å². The molecule has 23 heavy (non-hydrogen) atoms. The average molecular weight is 326 g/mol. The van der Waals surface area contributed by atoms with Gasteiger partial charge >= 0.3 is 0 Å². The van der Waals surface area contributed by atoms with E-state index < -0.39 is 0 Å². The highest BCUT2D eigenvalue weighted by Crippen LogP contribution is 2.28. The van der Waals surface area contributed by atoms with E-state index in [0.29, 0.717) is 5.56 Å². The molecule has 0 spiro atoms. The zero-order chi connectivity index (χ0) is 16.5. The van der Waals surface area contributed by atoms with Gasteiger partial charge in [-0.2, -0.15) is 0 Å². The molecule has 0 heterocycles. The zero-order valence-electron chi connectivity index (χ0n) is 13.4. The van der Waals surface area contributed by atoms with Gasteiger partial charge in [0, 0.05) is 10.5 Å². The number of carbonyl (C=O) groups excluding carboxylic acids is 2. The van der Waals surface area contributed by atoms with Crippen LogP contribution in [0.2, 0.25) is 0 Å². The molecular formula is C20H22O2S. The average Bonchev–Trinajstić information content (AvgIpc) is 2.61. The molecule has 2 nitrogen and oxygen atoms in total. The maximum Gasteiger partial charge on any atom is 0.229 e. The highest BCUT2D eigenvalue weighted by atomic mass is 32.2. The van der Waals surface area contributed by atoms with Crippen molar-refractivity contribution in [3.8, 4) is 0 Å². The van der Waals surface area contributed by atoms with Crippen LogP contribution in [0.3, 0.4) is 0 Å². The lowest BCUT2D eigenvalue weighted by Crippen LogP contribution is -2.26. The smallest absolute Gasteiger partial charge is 0.229 e. The van der Waals surface area contributed by atoms with Gasteiger partial charge in [-0.15, -0.1) is 11.8 Å². The molecule has 2 rings (SSSR count). The molecule has 1 atom stereocenters. The number of benzene rings is 2. The molecule has 2 aromatic carbocycles. The number of hydrogen-bond donors (Lipinski definition) is 0. The Morgan fingerprint density at radius 1 is 0.913 bits per heavy atom. The van der Waals surface area contributed by atoms with Gasteiger partial charge in [0.1, 0.15) is 0 Å². The maximum atomic E-state index is 12.7. The number of hydrogen-bond acceptors (Lipinski definition) is 3. The van der Waals surface area contributed by atoms with Gasteiger partial charge in [0.05, 0.1) is 5.25 Å². The predicted molar refractivity (Wildman–Crippen MR) is 96.0 cm³/mol. The molecule has 0 bridgehead atoms. The van der Waals surface area contributed by atoms with Crippen molar-refractivity contribution < 1.29 is 9.59 Å². The van der Waals surface area contributed by atoms with Crippen molar-refractivity contribution in [1.29, 1.82) is 0 Å². The molecule has 120 valence electrons. The molecule has 0 amide bonds. The molecule has 0 N–H and O–H groups in total. The number of unbranched alkanes of at least 4 members (excludes halogenated alkanes) is 2. The standard InChI is InChI=1S/C20H22O2S/c1-2-3-6-15-18(23-17-13-9-5-10-14-17)20(22)19(21)16-11-7-4-8-12-16/h4-5,7-14,18H,2-3,6,15H2,1H3. The Morgan fingerprint density at radius 2 is 1.52 bits per heavy atom. The van der Waals surface area contributed by atoms with E-state index in [1.807, 2.05) is 36.4 Å². The summed E-state index contributed by atoms with van der Waals surface area (Å²) in [4.78, 5) is 26.1. The van der Waals surface area contributed by atoms with Crippen molar-refractivity contribution in [3.63, 3.8) is 0 Å². The van der Waals surface area contributed by atoms with Crippen LogP contribution in [-0.2, 0) is 4.79 Å². The Balaban J connectivity index is 2.11. The highest BCUT2D eigenvalue weighted by Gasteiger charge is 2.26. The lowest BCUT2D eigenvalue weighted by atomic mass is 10.0. The first-order chi connectivity index (χ1) is 11.2. The van der Waals surface area contributed by atoms with Crippen LogP contribution in [-0.4, -0.2) is 16.8 Å². The molecule has 0 aromatic heterocycles. The van der Waals surface area contributed by atoms with Crippen LogP contribution < -0.4 is 0 Å². The van der Waals surface area contributed by atoms with Crippen molar-refractivity contribution in [3.05, 3.63) is 66.2 Å². The van der Waals surface area contributed by atoms with Crippen molar-refractivity contribution in [2.24, 2.45) is 0 Å². The van der Waals surface area contributed by atoms with E-state index >= 15 is 0 Å². The van der Waals surface area contributed by atoms with Crippen molar-refractivity contribution in [2.45, 2.75) is 42.8 Å². The summed E-state index contributed by atoms with van der Waals surface area (Å²) in [5.74, 6) is -0.670. The molecule has 0 saturated carbocycles. The van der Waals surface area contributed by atoms with Crippen LogP contribution in [0.5, 0.6) is 0 Å². The van der Waals surface area contributed by atoms with Crippen LogP contribution in [0.1, 0.15) is 43.0 Å². The summed E-state index contributed by atoms with van der Waals surface area (Å²) in [7, 11) is 0. The van der Waals surface area contributed by atoms with Crippen molar-refractivity contribution in [2.75, 3.05) is 0 Å². The van der Waals surface area contributed by atoms with Crippen LogP contribution in [0, 0.1) is 0 Å². The van der Waals surface area contributed by atoms with Gasteiger partial charge in [0.2, 0.25) is 11.6 Å². The van der Waals surface area contributed by atoms with Gasteiger partial charge in [-0.25, -0.2) is 0 Å². The lowest BCUT2D eigenvalue weighted by Gasteiger charge is -2.15. The molecule has 3 heteroatoms. The van der Waals surface area contributed by atoms with Crippen LogP contribution in [0.4, 0.5) is 0 Å². The largest absolute Gasteiger partial charge is 0.289 e. The fourth-order valence-corrected chi connectivity index (χ4v) is 3.51. The number of carbonyl (C=O) groups is 2. The summed E-state index contributed by atoms with van der Waals surface area (Å²) < 4.78 is 0. The normalized spacial score (nSPS) is 11.9. The summed E-state index contributed by atoms with van der Waals surface area (Å²) in [5, 5.41) is -0.309. The van der Waals surface area contributed by atoms with E-state index in [-0.39, 0.29) is 16.8 Å². The first kappa shape index (κ1) is 17.5. The summed E-state index contributed by atoms with van der Waals surface area (Å²) in [6.07, 6.45) is 3.89. The first-order valence-corrected chi connectivity index (χ1v) is 8.95. The monoisotopic (exact) mass is 326 g/mol. The Hall–Kier alpha value is -1.87. The number of ketones is 2. The minimum Gasteiger partial charge on any atom is -0.289 e. The third-order valence-electron chi connectivity index (χ3n) is 3.64. The number of thioether (sulfide) groups is 1. The van der Waals surface area contributed by atoms with Gasteiger partial charge in [-0.3, -0.25) is 9.59 Å². The van der Waals surface area contributed by atoms with Crippen LogP contribution >= 0.6 is 11.8 Å². The van der Waals surface area contributed by atoms with Gasteiger partial charge in [-0.05, 0) is 18.6 Å². The quantitative estimate of drug-likeness (QED) is 0.275. The maximum absolute atomic E-state index is 12.7. The van der Waals surface area contributed by atoms with Gasteiger partial charge in [0.25, 0.3) is 0 Å². The summed E-state index contributed by atoms with van der Waals surface area (Å²) in [5.41, 5.74) is 0.478. The Kier molecular flexibility index (Phi) is 7.08. The molecule has 0 fully saturated rings. The fraction of sp³-hybridized carbons (Fsp3) is 0.300. The second kappa shape index (κ2) is 9.31. The Labute approximate surface area is 142 Å². The molecule has 0 saturated heterocycles. The third kappa shape index (κ3) is 5.36. The van der Waals surface area contributed by atoms with E-state index in [9.17, 15) is 9.59 Å². The molecule has 0 aliphatic heterocycles. The van der Waals surface area contributed by atoms with Gasteiger partial charge in [0.15, 0.2) is 0 Å². The second-order valence-electron chi connectivity index (χ2n) is 5.47. The molecular weight excluding hydrogens is 304 g/mol. The zero-order valence-corrected chi connectivity index (χ0v) is 14.2. The van der Waals surface area contributed by atoms with Crippen molar-refractivity contribution >= 4 is 23.3 Å². The minimum atomic E-state index is -0.379. The fourth-order valence-electron chi connectivity index (χ4n) is 2.36. The van der Waals surface area contributed by atoms with Gasteiger partial charge < -0.3 is 0 Å². The van der Waals surface area contributed by atoms with E-state index in [4.69, 9.17) is 0 Å². The summed E-state index contributed by atoms with van der Waals surface area (Å²) >= 11 is 1.50. The van der Waals surface area contributed by atoms with Crippen molar-refractivity contribution in [1.82, 2.24) is 0 Å². The second-order valence-corrected chi connectivity index (χ2v) is 6.75. The minimum absolute atomic E-state index is 0.291. The molecule has 0 aliphatic rings. The Morgan fingerprint density at radius 3 is 2.13 bits per heavy atom. The molecule has 1 unspecified atom stereocenters. The molecule has 0 radical (unpaired) electrons. The highest BCUT2D eigenvalue weighted by molar-refractivity contribution is 8.00. The predicted octanol–water partition coefficient (Wildman–Crippen LogP) is 5.18. The third-order valence-corrected chi connectivity index (χ3v) is 4.92. The van der Waals surface area contributed by atoms with E-state index in [2.05, 4.69) is 6.92 Å². The summed E-state index contributed by atoms with van der Waals surface area (Å²) in [6.45, 7) is 2.14. The van der Waals surface area contributed by atoms with E-state index in [0.717, 1.165) is 30.6 Å². The van der Waals surface area contributed by atoms with Gasteiger partial charge in [-0.1, -0.05) is 74.7 Å². The SMILES string of the molecule is CCCCCC(Sc1ccccc1)C(=O)C(=O)c1ccccc1. The lowest BCUT2D eigenvalue weighted by molar-refractivity contribution is -0.114. The first-order valence-electron chi connectivity index (χ1n) is 8.07. The Bertz CT molecular complexity index is 623. The summed E-state index contributed by atoms with van der Waals surface area (Å²) in [6, 6.07) is 18.7. The molecule has 0 aliphatic carbocycles. The van der Waals surface area contributed by atoms with Crippen LogP contribution in [0.15, 0.2) is 65.6 Å².